The predicted molar refractivity (Wildman–Crippen MR) is 71.7 cm³/mol. The first kappa shape index (κ1) is 11.2. The molecule has 0 bridgehead atoms. The van der Waals surface area contributed by atoms with E-state index in [1.807, 2.05) is 28.8 Å². The molecule has 17 heavy (non-hydrogen) atoms. The highest BCUT2D eigenvalue weighted by Gasteiger charge is 2.10. The zero-order valence-corrected chi connectivity index (χ0v) is 9.90. The summed E-state index contributed by atoms with van der Waals surface area (Å²) in [7, 11) is 0. The Labute approximate surface area is 101 Å². The van der Waals surface area contributed by atoms with Crippen LogP contribution in [0.4, 0.5) is 0 Å². The maximum absolute atomic E-state index is 9.14. The molecule has 2 heteroatoms. The standard InChI is InChI=1S/C15H14N2/c1-4-8-17-13(10-16)9-14-11(3)12(5-2)6-7-15(14)17/h4-7,9H,1-2,8H2,3H3. The molecule has 1 aromatic carbocycles. The van der Waals surface area contributed by atoms with Gasteiger partial charge >= 0.3 is 0 Å². The lowest BCUT2D eigenvalue weighted by Gasteiger charge is -2.05. The van der Waals surface area contributed by atoms with Crippen molar-refractivity contribution in [3.05, 3.63) is 54.3 Å². The second-order valence-corrected chi connectivity index (χ2v) is 3.96. The van der Waals surface area contributed by atoms with Crippen LogP contribution in [0.3, 0.4) is 0 Å². The van der Waals surface area contributed by atoms with Crippen LogP contribution in [0.15, 0.2) is 37.4 Å². The summed E-state index contributed by atoms with van der Waals surface area (Å²) in [6.45, 7) is 10.2. The van der Waals surface area contributed by atoms with Crippen LogP contribution in [-0.4, -0.2) is 4.57 Å². The minimum absolute atomic E-state index is 0.652. The zero-order valence-electron chi connectivity index (χ0n) is 9.90. The minimum atomic E-state index is 0.652. The average Bonchev–Trinajstić information content (AvgIpc) is 2.70. The monoisotopic (exact) mass is 222 g/mol. The Morgan fingerprint density at radius 2 is 2.18 bits per heavy atom. The number of nitriles is 1. The van der Waals surface area contributed by atoms with Gasteiger partial charge in [0.15, 0.2) is 0 Å². The summed E-state index contributed by atoms with van der Waals surface area (Å²) in [4.78, 5) is 0. The Morgan fingerprint density at radius 1 is 1.41 bits per heavy atom. The Bertz CT molecular complexity index is 639. The van der Waals surface area contributed by atoms with Gasteiger partial charge in [-0.05, 0) is 30.2 Å². The summed E-state index contributed by atoms with van der Waals surface area (Å²) in [5, 5.41) is 10.3. The lowest BCUT2D eigenvalue weighted by molar-refractivity contribution is 0.850. The van der Waals surface area contributed by atoms with E-state index in [0.29, 0.717) is 12.2 Å². The number of benzene rings is 1. The molecule has 0 atom stereocenters. The van der Waals surface area contributed by atoms with Crippen LogP contribution < -0.4 is 0 Å². The Kier molecular flexibility index (Phi) is 2.84. The fourth-order valence-corrected chi connectivity index (χ4v) is 2.13. The van der Waals surface area contributed by atoms with Gasteiger partial charge in [-0.1, -0.05) is 24.8 Å². The molecule has 1 heterocycles. The van der Waals surface area contributed by atoms with Crippen molar-refractivity contribution in [1.29, 1.82) is 5.26 Å². The molecule has 84 valence electrons. The van der Waals surface area contributed by atoms with Crippen LogP contribution in [0.25, 0.3) is 17.0 Å². The first-order valence-electron chi connectivity index (χ1n) is 5.49. The minimum Gasteiger partial charge on any atom is -0.328 e. The molecule has 0 unspecified atom stereocenters. The number of nitrogens with zero attached hydrogens (tertiary/aromatic N) is 2. The molecule has 0 saturated carbocycles. The van der Waals surface area contributed by atoms with E-state index in [0.717, 1.165) is 22.0 Å². The Morgan fingerprint density at radius 3 is 2.76 bits per heavy atom. The molecule has 0 amide bonds. The van der Waals surface area contributed by atoms with Crippen molar-refractivity contribution < 1.29 is 0 Å². The maximum atomic E-state index is 9.14. The van der Waals surface area contributed by atoms with E-state index in [1.165, 1.54) is 0 Å². The average molecular weight is 222 g/mol. The van der Waals surface area contributed by atoms with Crippen molar-refractivity contribution >= 4 is 17.0 Å². The third-order valence-corrected chi connectivity index (χ3v) is 3.04. The van der Waals surface area contributed by atoms with Gasteiger partial charge in [0.1, 0.15) is 11.8 Å². The molecule has 1 aromatic heterocycles. The summed E-state index contributed by atoms with van der Waals surface area (Å²) in [6.07, 6.45) is 3.64. The molecule has 0 saturated heterocycles. The lowest BCUT2D eigenvalue weighted by atomic mass is 10.0. The molecule has 2 rings (SSSR count). The van der Waals surface area contributed by atoms with E-state index >= 15 is 0 Å². The van der Waals surface area contributed by atoms with Gasteiger partial charge in [0.05, 0.1) is 0 Å². The largest absolute Gasteiger partial charge is 0.328 e. The van der Waals surface area contributed by atoms with Crippen LogP contribution in [0.5, 0.6) is 0 Å². The van der Waals surface area contributed by atoms with E-state index in [1.54, 1.807) is 6.08 Å². The predicted octanol–water partition coefficient (Wildman–Crippen LogP) is 3.65. The molecule has 2 aromatic rings. The smallest absolute Gasteiger partial charge is 0.121 e. The normalized spacial score (nSPS) is 10.1. The summed E-state index contributed by atoms with van der Waals surface area (Å²) in [5.41, 5.74) is 4.02. The highest BCUT2D eigenvalue weighted by atomic mass is 15.0. The zero-order chi connectivity index (χ0) is 12.4. The molecular weight excluding hydrogens is 208 g/mol. The van der Waals surface area contributed by atoms with Crippen LogP contribution in [-0.2, 0) is 6.54 Å². The summed E-state index contributed by atoms with van der Waals surface area (Å²) in [5.74, 6) is 0. The van der Waals surface area contributed by atoms with Gasteiger partial charge in [-0.2, -0.15) is 5.26 Å². The molecule has 0 radical (unpaired) electrons. The van der Waals surface area contributed by atoms with Crippen molar-refractivity contribution in [2.45, 2.75) is 13.5 Å². The summed E-state index contributed by atoms with van der Waals surface area (Å²) >= 11 is 0. The van der Waals surface area contributed by atoms with Crippen molar-refractivity contribution in [3.63, 3.8) is 0 Å². The fourth-order valence-electron chi connectivity index (χ4n) is 2.13. The Balaban J connectivity index is 2.83. The second kappa shape index (κ2) is 4.31. The molecule has 0 aliphatic rings. The SMILES string of the molecule is C=CCn1c(C#N)cc2c(C)c(C=C)ccc21. The summed E-state index contributed by atoms with van der Waals surface area (Å²) in [6, 6.07) is 8.22. The molecule has 0 N–H and O–H groups in total. The number of hydrogen-bond acceptors (Lipinski definition) is 1. The first-order valence-corrected chi connectivity index (χ1v) is 5.49. The lowest BCUT2D eigenvalue weighted by Crippen LogP contribution is -1.97. The number of fused-ring (bicyclic) bond motifs is 1. The number of aryl methyl sites for hydroxylation is 1. The first-order chi connectivity index (χ1) is 8.22. The van der Waals surface area contributed by atoms with Gasteiger partial charge in [0.25, 0.3) is 0 Å². The highest BCUT2D eigenvalue weighted by molar-refractivity contribution is 5.88. The number of rotatable bonds is 3. The van der Waals surface area contributed by atoms with Crippen LogP contribution in [0.2, 0.25) is 0 Å². The summed E-state index contributed by atoms with van der Waals surface area (Å²) < 4.78 is 1.97. The van der Waals surface area contributed by atoms with Gasteiger partial charge in [0, 0.05) is 17.4 Å². The van der Waals surface area contributed by atoms with Gasteiger partial charge in [-0.15, -0.1) is 6.58 Å². The molecular formula is C15H14N2. The third-order valence-electron chi connectivity index (χ3n) is 3.04. The van der Waals surface area contributed by atoms with E-state index in [9.17, 15) is 0 Å². The maximum Gasteiger partial charge on any atom is 0.121 e. The molecule has 0 spiro atoms. The number of allylic oxidation sites excluding steroid dienone is 1. The van der Waals surface area contributed by atoms with Crippen molar-refractivity contribution in [2.75, 3.05) is 0 Å². The van der Waals surface area contributed by atoms with Gasteiger partial charge < -0.3 is 4.57 Å². The van der Waals surface area contributed by atoms with Gasteiger partial charge in [0.2, 0.25) is 0 Å². The van der Waals surface area contributed by atoms with Gasteiger partial charge in [-0.3, -0.25) is 0 Å². The van der Waals surface area contributed by atoms with Crippen LogP contribution >= 0.6 is 0 Å². The van der Waals surface area contributed by atoms with E-state index in [-0.39, 0.29) is 0 Å². The second-order valence-electron chi connectivity index (χ2n) is 3.96. The fraction of sp³-hybridized carbons (Fsp3) is 0.133. The number of aromatic nitrogens is 1. The van der Waals surface area contributed by atoms with E-state index in [2.05, 4.69) is 26.2 Å². The van der Waals surface area contributed by atoms with Crippen LogP contribution in [0.1, 0.15) is 16.8 Å². The van der Waals surface area contributed by atoms with Crippen molar-refractivity contribution in [1.82, 2.24) is 4.57 Å². The third kappa shape index (κ3) is 1.66. The molecule has 2 nitrogen and oxygen atoms in total. The highest BCUT2D eigenvalue weighted by Crippen LogP contribution is 2.26. The van der Waals surface area contributed by atoms with Crippen molar-refractivity contribution in [2.24, 2.45) is 0 Å². The van der Waals surface area contributed by atoms with Crippen molar-refractivity contribution in [3.8, 4) is 6.07 Å². The van der Waals surface area contributed by atoms with Crippen LogP contribution in [0, 0.1) is 18.3 Å². The quantitative estimate of drug-likeness (QED) is 0.729. The van der Waals surface area contributed by atoms with E-state index < -0.39 is 0 Å². The molecule has 0 aliphatic carbocycles. The van der Waals surface area contributed by atoms with Gasteiger partial charge in [-0.25, -0.2) is 0 Å². The number of hydrogen-bond donors (Lipinski definition) is 0. The topological polar surface area (TPSA) is 28.7 Å². The molecule has 0 fully saturated rings. The Hall–Kier alpha value is -2.27. The van der Waals surface area contributed by atoms with E-state index in [4.69, 9.17) is 5.26 Å². The molecule has 0 aliphatic heterocycles.